The average Bonchev–Trinajstić information content (AvgIpc) is 2.36. The van der Waals surface area contributed by atoms with Crippen molar-refractivity contribution in [2.75, 3.05) is 5.43 Å². The number of fused-ring (bicyclic) bond motifs is 1. The molecule has 90 valence electrons. The van der Waals surface area contributed by atoms with Gasteiger partial charge in [0, 0.05) is 5.39 Å². The van der Waals surface area contributed by atoms with Gasteiger partial charge in [0.2, 0.25) is 0 Å². The molecule has 0 atom stereocenters. The minimum Gasteiger partial charge on any atom is -0.322 e. The fraction of sp³-hybridized carbons (Fsp3) is 0.357. The van der Waals surface area contributed by atoms with Crippen LogP contribution in [0.3, 0.4) is 0 Å². The molecule has 17 heavy (non-hydrogen) atoms. The van der Waals surface area contributed by atoms with Gasteiger partial charge in [-0.1, -0.05) is 26.8 Å². The van der Waals surface area contributed by atoms with Crippen molar-refractivity contribution < 1.29 is 0 Å². The number of nitrogens with zero attached hydrogens (tertiary/aromatic N) is 1. The number of aromatic nitrogens is 1. The number of anilines is 1. The molecule has 0 aliphatic heterocycles. The normalized spacial score (nSPS) is 11.1. The van der Waals surface area contributed by atoms with Gasteiger partial charge in [0.25, 0.3) is 0 Å². The highest BCUT2D eigenvalue weighted by Crippen LogP contribution is 2.26. The minimum atomic E-state index is 0.358. The molecule has 1 aromatic heterocycles. The van der Waals surface area contributed by atoms with Crippen LogP contribution in [0.4, 0.5) is 5.69 Å². The summed E-state index contributed by atoms with van der Waals surface area (Å²) in [5, 5.41) is 1.14. The van der Waals surface area contributed by atoms with Crippen LogP contribution < -0.4 is 11.3 Å². The van der Waals surface area contributed by atoms with Crippen LogP contribution >= 0.6 is 0 Å². The van der Waals surface area contributed by atoms with E-state index < -0.39 is 0 Å². The summed E-state index contributed by atoms with van der Waals surface area (Å²) >= 11 is 0. The summed E-state index contributed by atoms with van der Waals surface area (Å²) in [7, 11) is 0. The first kappa shape index (κ1) is 11.9. The van der Waals surface area contributed by atoms with Crippen molar-refractivity contribution in [3.05, 3.63) is 35.5 Å². The Morgan fingerprint density at radius 3 is 2.65 bits per heavy atom. The minimum absolute atomic E-state index is 0.358. The van der Waals surface area contributed by atoms with Crippen molar-refractivity contribution in [3.8, 4) is 0 Å². The highest BCUT2D eigenvalue weighted by atomic mass is 15.2. The summed E-state index contributed by atoms with van der Waals surface area (Å²) in [5.41, 5.74) is 7.03. The third-order valence-electron chi connectivity index (χ3n) is 3.02. The molecule has 0 radical (unpaired) electrons. The van der Waals surface area contributed by atoms with E-state index >= 15 is 0 Å². The second-order valence-electron chi connectivity index (χ2n) is 4.60. The Morgan fingerprint density at radius 1 is 1.29 bits per heavy atom. The molecular weight excluding hydrogens is 210 g/mol. The Bertz CT molecular complexity index is 532. The third-order valence-corrected chi connectivity index (χ3v) is 3.02. The van der Waals surface area contributed by atoms with Crippen molar-refractivity contribution in [2.24, 2.45) is 5.84 Å². The van der Waals surface area contributed by atoms with Gasteiger partial charge in [-0.3, -0.25) is 10.8 Å². The molecule has 2 aromatic rings. The van der Waals surface area contributed by atoms with Crippen molar-refractivity contribution >= 4 is 16.6 Å². The highest BCUT2D eigenvalue weighted by Gasteiger charge is 2.09. The number of nitrogen functional groups attached to an aromatic ring is 1. The van der Waals surface area contributed by atoms with E-state index in [1.54, 1.807) is 0 Å². The Kier molecular flexibility index (Phi) is 3.29. The zero-order valence-corrected chi connectivity index (χ0v) is 10.6. The summed E-state index contributed by atoms with van der Waals surface area (Å²) in [5.74, 6) is 5.92. The van der Waals surface area contributed by atoms with Crippen LogP contribution in [-0.2, 0) is 6.42 Å². The monoisotopic (exact) mass is 229 g/mol. The van der Waals surface area contributed by atoms with Crippen LogP contribution in [0.25, 0.3) is 10.9 Å². The molecule has 1 heterocycles. The number of hydrazine groups is 1. The lowest BCUT2D eigenvalue weighted by atomic mass is 10.0. The molecule has 3 N–H and O–H groups in total. The predicted molar refractivity (Wildman–Crippen MR) is 73.0 cm³/mol. The van der Waals surface area contributed by atoms with Crippen LogP contribution in [0.15, 0.2) is 24.3 Å². The van der Waals surface area contributed by atoms with Gasteiger partial charge in [-0.05, 0) is 36.1 Å². The van der Waals surface area contributed by atoms with Gasteiger partial charge in [0.1, 0.15) is 0 Å². The molecule has 3 heteroatoms. The van der Waals surface area contributed by atoms with Crippen LogP contribution in [0, 0.1) is 0 Å². The third kappa shape index (κ3) is 2.24. The second kappa shape index (κ2) is 4.72. The molecule has 2 rings (SSSR count). The number of rotatable bonds is 3. The van der Waals surface area contributed by atoms with Crippen molar-refractivity contribution in [2.45, 2.75) is 33.1 Å². The van der Waals surface area contributed by atoms with E-state index in [9.17, 15) is 0 Å². The maximum absolute atomic E-state index is 5.56. The molecule has 0 spiro atoms. The maximum atomic E-state index is 5.56. The SMILES string of the molecule is CCc1ccc2nc(C(C)C)c(NN)cc2c1. The second-order valence-corrected chi connectivity index (χ2v) is 4.60. The number of pyridine rings is 1. The lowest BCUT2D eigenvalue weighted by Gasteiger charge is -2.13. The lowest BCUT2D eigenvalue weighted by molar-refractivity contribution is 0.831. The van der Waals surface area contributed by atoms with Crippen molar-refractivity contribution in [3.63, 3.8) is 0 Å². The molecule has 0 saturated carbocycles. The summed E-state index contributed by atoms with van der Waals surface area (Å²) in [6.07, 6.45) is 1.03. The molecular formula is C14H19N3. The molecule has 0 aliphatic carbocycles. The smallest absolute Gasteiger partial charge is 0.0710 e. The largest absolute Gasteiger partial charge is 0.322 e. The predicted octanol–water partition coefficient (Wildman–Crippen LogP) is 3.21. The van der Waals surface area contributed by atoms with E-state index in [0.29, 0.717) is 5.92 Å². The Labute approximate surface area is 102 Å². The van der Waals surface area contributed by atoms with Gasteiger partial charge in [0.15, 0.2) is 0 Å². The molecule has 0 bridgehead atoms. The standard InChI is InChI=1S/C14H19N3/c1-4-10-5-6-12-11(7-10)8-13(17-15)14(16-12)9(2)3/h5-9,17H,4,15H2,1-3H3. The number of nitrogens with two attached hydrogens (primary N) is 1. The van der Waals surface area contributed by atoms with E-state index in [4.69, 9.17) is 5.84 Å². The van der Waals surface area contributed by atoms with Crippen LogP contribution in [0.1, 0.15) is 37.9 Å². The summed E-state index contributed by atoms with van der Waals surface area (Å²) in [6, 6.07) is 8.47. The quantitative estimate of drug-likeness (QED) is 0.627. The molecule has 0 amide bonds. The average molecular weight is 229 g/mol. The summed E-state index contributed by atoms with van der Waals surface area (Å²) in [4.78, 5) is 4.68. The fourth-order valence-corrected chi connectivity index (χ4v) is 2.02. The number of hydrogen-bond donors (Lipinski definition) is 2. The Morgan fingerprint density at radius 2 is 2.06 bits per heavy atom. The zero-order valence-electron chi connectivity index (χ0n) is 10.6. The van der Waals surface area contributed by atoms with Gasteiger partial charge < -0.3 is 5.43 Å². The maximum Gasteiger partial charge on any atom is 0.0710 e. The lowest BCUT2D eigenvalue weighted by Crippen LogP contribution is -2.11. The van der Waals surface area contributed by atoms with Crippen molar-refractivity contribution in [1.82, 2.24) is 4.98 Å². The fourth-order valence-electron chi connectivity index (χ4n) is 2.02. The first-order valence-electron chi connectivity index (χ1n) is 6.06. The van der Waals surface area contributed by atoms with Crippen LogP contribution in [-0.4, -0.2) is 4.98 Å². The van der Waals surface area contributed by atoms with Crippen molar-refractivity contribution in [1.29, 1.82) is 0 Å². The Balaban J connectivity index is 2.65. The van der Waals surface area contributed by atoms with E-state index in [2.05, 4.69) is 55.4 Å². The zero-order chi connectivity index (χ0) is 12.4. The Hall–Kier alpha value is -1.61. The first-order chi connectivity index (χ1) is 8.15. The number of benzene rings is 1. The molecule has 3 nitrogen and oxygen atoms in total. The topological polar surface area (TPSA) is 50.9 Å². The highest BCUT2D eigenvalue weighted by molar-refractivity contribution is 5.83. The summed E-state index contributed by atoms with van der Waals surface area (Å²) < 4.78 is 0. The van der Waals surface area contributed by atoms with Gasteiger partial charge in [-0.15, -0.1) is 0 Å². The van der Waals surface area contributed by atoms with Gasteiger partial charge in [0.05, 0.1) is 16.9 Å². The number of aryl methyl sites for hydroxylation is 1. The number of nitrogens with one attached hydrogen (secondary N) is 1. The van der Waals surface area contributed by atoms with E-state index in [-0.39, 0.29) is 0 Å². The van der Waals surface area contributed by atoms with E-state index in [1.807, 2.05) is 0 Å². The van der Waals surface area contributed by atoms with Gasteiger partial charge in [-0.2, -0.15) is 0 Å². The van der Waals surface area contributed by atoms with E-state index in [1.165, 1.54) is 5.56 Å². The van der Waals surface area contributed by atoms with Gasteiger partial charge in [-0.25, -0.2) is 0 Å². The van der Waals surface area contributed by atoms with Crippen LogP contribution in [0.5, 0.6) is 0 Å². The van der Waals surface area contributed by atoms with E-state index in [0.717, 1.165) is 28.7 Å². The summed E-state index contributed by atoms with van der Waals surface area (Å²) in [6.45, 7) is 6.39. The molecule has 0 unspecified atom stereocenters. The molecule has 0 fully saturated rings. The molecule has 0 saturated heterocycles. The van der Waals surface area contributed by atoms with Gasteiger partial charge >= 0.3 is 0 Å². The first-order valence-corrected chi connectivity index (χ1v) is 6.06. The van der Waals surface area contributed by atoms with Crippen LogP contribution in [0.2, 0.25) is 0 Å². The molecule has 1 aromatic carbocycles. The number of hydrogen-bond acceptors (Lipinski definition) is 3. The molecule has 0 aliphatic rings.